The van der Waals surface area contributed by atoms with Gasteiger partial charge in [0.1, 0.15) is 0 Å². The summed E-state index contributed by atoms with van der Waals surface area (Å²) in [6.07, 6.45) is 5.85. The molecule has 4 rings (SSSR count). The highest BCUT2D eigenvalue weighted by molar-refractivity contribution is 8.00. The number of para-hydroxylation sites is 1. The maximum atomic E-state index is 12.8. The average Bonchev–Trinajstić information content (AvgIpc) is 3.19. The van der Waals surface area contributed by atoms with Gasteiger partial charge < -0.3 is 5.32 Å². The Bertz CT molecular complexity index is 936. The van der Waals surface area contributed by atoms with Gasteiger partial charge in [-0.1, -0.05) is 79.6 Å². The molecule has 2 aromatic carbocycles. The number of carbonyl (C=O) groups excluding carboxylic acids is 1. The molecule has 1 fully saturated rings. The summed E-state index contributed by atoms with van der Waals surface area (Å²) >= 11 is 1.45. The third kappa shape index (κ3) is 4.70. The first kappa shape index (κ1) is 19.7. The fourth-order valence-electron chi connectivity index (χ4n) is 3.71. The number of benzene rings is 2. The monoisotopic (exact) mass is 406 g/mol. The van der Waals surface area contributed by atoms with Crippen LogP contribution in [0.5, 0.6) is 0 Å². The molecule has 1 aliphatic carbocycles. The number of aromatic nitrogens is 3. The minimum atomic E-state index is -0.243. The molecule has 5 nitrogen and oxygen atoms in total. The van der Waals surface area contributed by atoms with Gasteiger partial charge in [0.15, 0.2) is 11.0 Å². The summed E-state index contributed by atoms with van der Waals surface area (Å²) in [6, 6.07) is 20.4. The van der Waals surface area contributed by atoms with Crippen LogP contribution in [0, 0.1) is 0 Å². The Morgan fingerprint density at radius 2 is 1.66 bits per heavy atom. The quantitative estimate of drug-likeness (QED) is 0.594. The molecule has 0 spiro atoms. The lowest BCUT2D eigenvalue weighted by molar-refractivity contribution is -0.121. The average molecular weight is 407 g/mol. The summed E-state index contributed by atoms with van der Waals surface area (Å²) in [7, 11) is 0. The minimum Gasteiger partial charge on any atom is -0.352 e. The standard InChI is InChI=1S/C23H26N4OS/c1-17(22(28)24-19-13-7-3-8-14-19)29-23-26-25-21(18-11-5-2-6-12-18)27(23)20-15-9-4-10-16-20/h2,4-6,9-12,15-17,19H,3,7-8,13-14H2,1H3,(H,24,28). The van der Waals surface area contributed by atoms with Crippen LogP contribution in [0.15, 0.2) is 65.8 Å². The van der Waals surface area contributed by atoms with E-state index >= 15 is 0 Å². The molecular weight excluding hydrogens is 380 g/mol. The summed E-state index contributed by atoms with van der Waals surface area (Å²) < 4.78 is 2.03. The van der Waals surface area contributed by atoms with Crippen LogP contribution in [0.25, 0.3) is 17.1 Å². The summed E-state index contributed by atoms with van der Waals surface area (Å²) in [4.78, 5) is 12.8. The zero-order valence-electron chi connectivity index (χ0n) is 16.6. The van der Waals surface area contributed by atoms with E-state index in [4.69, 9.17) is 0 Å². The topological polar surface area (TPSA) is 59.8 Å². The fourth-order valence-corrected chi connectivity index (χ4v) is 4.58. The third-order valence-corrected chi connectivity index (χ3v) is 6.33. The summed E-state index contributed by atoms with van der Waals surface area (Å²) in [6.45, 7) is 1.94. The van der Waals surface area contributed by atoms with E-state index in [0.29, 0.717) is 6.04 Å². The van der Waals surface area contributed by atoms with E-state index in [9.17, 15) is 4.79 Å². The lowest BCUT2D eigenvalue weighted by Crippen LogP contribution is -2.40. The number of hydrogen-bond acceptors (Lipinski definition) is 4. The van der Waals surface area contributed by atoms with Gasteiger partial charge in [-0.2, -0.15) is 0 Å². The van der Waals surface area contributed by atoms with Gasteiger partial charge in [0.2, 0.25) is 5.91 Å². The summed E-state index contributed by atoms with van der Waals surface area (Å²) in [5.41, 5.74) is 1.98. The normalized spacial score (nSPS) is 15.8. The fraction of sp³-hybridized carbons (Fsp3) is 0.348. The molecule has 1 N–H and O–H groups in total. The van der Waals surface area contributed by atoms with Crippen molar-refractivity contribution in [3.05, 3.63) is 60.7 Å². The highest BCUT2D eigenvalue weighted by Crippen LogP contribution is 2.30. The van der Waals surface area contributed by atoms with Crippen molar-refractivity contribution in [2.24, 2.45) is 0 Å². The molecule has 1 atom stereocenters. The Hall–Kier alpha value is -2.60. The highest BCUT2D eigenvalue weighted by Gasteiger charge is 2.24. The Balaban J connectivity index is 1.58. The second-order valence-corrected chi connectivity index (χ2v) is 8.75. The van der Waals surface area contributed by atoms with Crippen LogP contribution in [-0.2, 0) is 4.79 Å². The molecule has 0 bridgehead atoms. The SMILES string of the molecule is CC(Sc1nnc(-c2ccccc2)n1-c1ccccc1)C(=O)NC1CCCCC1. The van der Waals surface area contributed by atoms with Crippen molar-refractivity contribution >= 4 is 17.7 Å². The maximum absolute atomic E-state index is 12.8. The van der Waals surface area contributed by atoms with Crippen LogP contribution in [0.2, 0.25) is 0 Å². The zero-order valence-corrected chi connectivity index (χ0v) is 17.4. The molecule has 6 heteroatoms. The Labute approximate surface area is 175 Å². The highest BCUT2D eigenvalue weighted by atomic mass is 32.2. The third-order valence-electron chi connectivity index (χ3n) is 5.28. The van der Waals surface area contributed by atoms with Gasteiger partial charge in [0.05, 0.1) is 5.25 Å². The second kappa shape index (κ2) is 9.27. The molecule has 1 saturated carbocycles. The predicted octanol–water partition coefficient (Wildman–Crippen LogP) is 4.86. The van der Waals surface area contributed by atoms with Crippen LogP contribution < -0.4 is 5.32 Å². The van der Waals surface area contributed by atoms with Gasteiger partial charge >= 0.3 is 0 Å². The Kier molecular flexibility index (Phi) is 6.30. The minimum absolute atomic E-state index is 0.0748. The molecule has 0 radical (unpaired) electrons. The number of hydrogen-bond donors (Lipinski definition) is 1. The van der Waals surface area contributed by atoms with Gasteiger partial charge in [-0.25, -0.2) is 0 Å². The van der Waals surface area contributed by atoms with E-state index < -0.39 is 0 Å². The van der Waals surface area contributed by atoms with Gasteiger partial charge in [-0.15, -0.1) is 10.2 Å². The van der Waals surface area contributed by atoms with Gasteiger partial charge in [0, 0.05) is 17.3 Å². The number of thioether (sulfide) groups is 1. The van der Waals surface area contributed by atoms with Crippen LogP contribution in [0.1, 0.15) is 39.0 Å². The van der Waals surface area contributed by atoms with E-state index in [2.05, 4.69) is 15.5 Å². The second-order valence-electron chi connectivity index (χ2n) is 7.45. The smallest absolute Gasteiger partial charge is 0.233 e. The zero-order chi connectivity index (χ0) is 20.1. The Morgan fingerprint density at radius 3 is 2.34 bits per heavy atom. The van der Waals surface area contributed by atoms with Crippen molar-refractivity contribution in [3.8, 4) is 17.1 Å². The maximum Gasteiger partial charge on any atom is 0.233 e. The van der Waals surface area contributed by atoms with Crippen LogP contribution in [0.3, 0.4) is 0 Å². The lowest BCUT2D eigenvalue weighted by Gasteiger charge is -2.24. The van der Waals surface area contributed by atoms with Crippen LogP contribution in [-0.4, -0.2) is 32.0 Å². The van der Waals surface area contributed by atoms with Gasteiger partial charge in [0.25, 0.3) is 0 Å². The lowest BCUT2D eigenvalue weighted by atomic mass is 9.95. The first-order valence-corrected chi connectivity index (χ1v) is 11.1. The van der Waals surface area contributed by atoms with Crippen molar-refractivity contribution in [3.63, 3.8) is 0 Å². The number of nitrogens with one attached hydrogen (secondary N) is 1. The first-order valence-electron chi connectivity index (χ1n) is 10.3. The van der Waals surface area contributed by atoms with Gasteiger partial charge in [-0.05, 0) is 31.9 Å². The number of rotatable bonds is 6. The molecule has 29 heavy (non-hydrogen) atoms. The van der Waals surface area contributed by atoms with Crippen molar-refractivity contribution < 1.29 is 4.79 Å². The number of amides is 1. The molecule has 3 aromatic rings. The number of carbonyl (C=O) groups is 1. The predicted molar refractivity (Wildman–Crippen MR) is 117 cm³/mol. The number of nitrogens with zero attached hydrogens (tertiary/aromatic N) is 3. The Morgan fingerprint density at radius 1 is 1.00 bits per heavy atom. The molecule has 1 amide bonds. The first-order chi connectivity index (χ1) is 14.2. The molecular formula is C23H26N4OS. The largest absolute Gasteiger partial charge is 0.352 e. The van der Waals surface area contributed by atoms with Crippen molar-refractivity contribution in [1.82, 2.24) is 20.1 Å². The molecule has 1 aliphatic rings. The van der Waals surface area contributed by atoms with Crippen molar-refractivity contribution in [2.45, 2.75) is 55.5 Å². The van der Waals surface area contributed by atoms with E-state index in [-0.39, 0.29) is 11.2 Å². The molecule has 1 heterocycles. The van der Waals surface area contributed by atoms with Crippen molar-refractivity contribution in [1.29, 1.82) is 0 Å². The van der Waals surface area contributed by atoms with Crippen LogP contribution in [0.4, 0.5) is 0 Å². The van der Waals surface area contributed by atoms with E-state index in [0.717, 1.165) is 35.1 Å². The summed E-state index contributed by atoms with van der Waals surface area (Å²) in [5.74, 6) is 0.852. The van der Waals surface area contributed by atoms with Gasteiger partial charge in [-0.3, -0.25) is 9.36 Å². The molecule has 150 valence electrons. The molecule has 1 unspecified atom stereocenters. The van der Waals surface area contributed by atoms with E-state index in [1.807, 2.05) is 72.2 Å². The van der Waals surface area contributed by atoms with Crippen molar-refractivity contribution in [2.75, 3.05) is 0 Å². The molecule has 1 aromatic heterocycles. The van der Waals surface area contributed by atoms with E-state index in [1.165, 1.54) is 31.0 Å². The molecule has 0 aliphatic heterocycles. The van der Waals surface area contributed by atoms with Crippen LogP contribution >= 0.6 is 11.8 Å². The summed E-state index contributed by atoms with van der Waals surface area (Å²) in [5, 5.41) is 12.6. The van der Waals surface area contributed by atoms with E-state index in [1.54, 1.807) is 0 Å². The molecule has 0 saturated heterocycles.